The highest BCUT2D eigenvalue weighted by atomic mass is 16.5. The first-order valence-electron chi connectivity index (χ1n) is 7.78. The van der Waals surface area contributed by atoms with Crippen molar-refractivity contribution in [3.63, 3.8) is 0 Å². The van der Waals surface area contributed by atoms with Gasteiger partial charge < -0.3 is 15.0 Å². The highest BCUT2D eigenvalue weighted by Gasteiger charge is 2.18. The van der Waals surface area contributed by atoms with Crippen LogP contribution in [0.2, 0.25) is 0 Å². The van der Waals surface area contributed by atoms with Crippen LogP contribution in [0.1, 0.15) is 38.2 Å². The van der Waals surface area contributed by atoms with Gasteiger partial charge in [-0.1, -0.05) is 12.5 Å². The van der Waals surface area contributed by atoms with Crippen LogP contribution in [0.4, 0.5) is 5.69 Å². The largest absolute Gasteiger partial charge is 0.495 e. The molecule has 1 aromatic rings. The van der Waals surface area contributed by atoms with Crippen molar-refractivity contribution in [1.82, 2.24) is 4.90 Å². The molecule has 4 nitrogen and oxygen atoms in total. The Morgan fingerprint density at radius 2 is 2.24 bits per heavy atom. The van der Waals surface area contributed by atoms with E-state index in [1.54, 1.807) is 7.11 Å². The zero-order valence-electron chi connectivity index (χ0n) is 13.3. The lowest BCUT2D eigenvalue weighted by Gasteiger charge is -2.33. The Morgan fingerprint density at radius 3 is 2.95 bits per heavy atom. The quantitative estimate of drug-likeness (QED) is 0.905. The molecule has 0 saturated carbocycles. The van der Waals surface area contributed by atoms with Gasteiger partial charge in [0.2, 0.25) is 5.91 Å². The molecule has 1 atom stereocenters. The number of nitrogens with zero attached hydrogens (tertiary/aromatic N) is 1. The summed E-state index contributed by atoms with van der Waals surface area (Å²) in [6, 6.07) is 6.40. The summed E-state index contributed by atoms with van der Waals surface area (Å²) in [5.41, 5.74) is 1.87. The first-order valence-corrected chi connectivity index (χ1v) is 7.78. The molecule has 1 aliphatic rings. The molecule has 1 aliphatic heterocycles. The van der Waals surface area contributed by atoms with Crippen LogP contribution in [-0.2, 0) is 4.79 Å². The van der Waals surface area contributed by atoms with Crippen molar-refractivity contribution in [3.05, 3.63) is 23.8 Å². The lowest BCUT2D eigenvalue weighted by molar-refractivity contribution is -0.116. The van der Waals surface area contributed by atoms with Crippen LogP contribution in [0.25, 0.3) is 0 Å². The van der Waals surface area contributed by atoms with Crippen molar-refractivity contribution < 1.29 is 9.53 Å². The van der Waals surface area contributed by atoms with E-state index in [9.17, 15) is 4.79 Å². The molecule has 1 N–H and O–H groups in total. The Kier molecular flexibility index (Phi) is 5.62. The van der Waals surface area contributed by atoms with Gasteiger partial charge in [0.05, 0.1) is 12.8 Å². The van der Waals surface area contributed by atoms with E-state index in [1.807, 2.05) is 25.1 Å². The maximum atomic E-state index is 12.1. The number of aryl methyl sites for hydroxylation is 1. The molecule has 1 saturated heterocycles. The summed E-state index contributed by atoms with van der Waals surface area (Å²) in [6.45, 7) is 6.20. The molecular formula is C17H26N2O2. The average molecular weight is 290 g/mol. The Hall–Kier alpha value is -1.55. The van der Waals surface area contributed by atoms with Gasteiger partial charge in [-0.3, -0.25) is 4.79 Å². The third-order valence-corrected chi connectivity index (χ3v) is 4.20. The monoisotopic (exact) mass is 290 g/mol. The Balaban J connectivity index is 1.88. The Labute approximate surface area is 127 Å². The number of nitrogens with one attached hydrogen (secondary N) is 1. The van der Waals surface area contributed by atoms with Gasteiger partial charge in [-0.15, -0.1) is 0 Å². The van der Waals surface area contributed by atoms with Gasteiger partial charge in [0.15, 0.2) is 0 Å². The third-order valence-electron chi connectivity index (χ3n) is 4.20. The number of amides is 1. The number of hydrogen-bond acceptors (Lipinski definition) is 3. The van der Waals surface area contributed by atoms with E-state index in [0.717, 1.165) is 24.3 Å². The number of benzene rings is 1. The number of carbonyl (C=O) groups excluding carboxylic acids is 1. The van der Waals surface area contributed by atoms with Gasteiger partial charge in [0.1, 0.15) is 5.75 Å². The molecule has 1 amide bonds. The zero-order chi connectivity index (χ0) is 15.2. The summed E-state index contributed by atoms with van der Waals surface area (Å²) in [4.78, 5) is 14.6. The van der Waals surface area contributed by atoms with Crippen molar-refractivity contribution in [1.29, 1.82) is 0 Å². The highest BCUT2D eigenvalue weighted by molar-refractivity contribution is 5.92. The minimum absolute atomic E-state index is 0.0525. The minimum Gasteiger partial charge on any atom is -0.495 e. The van der Waals surface area contributed by atoms with Gasteiger partial charge in [0.25, 0.3) is 0 Å². The molecular weight excluding hydrogens is 264 g/mol. The number of methoxy groups -OCH3 is 1. The molecule has 0 spiro atoms. The lowest BCUT2D eigenvalue weighted by Crippen LogP contribution is -2.39. The van der Waals surface area contributed by atoms with E-state index in [4.69, 9.17) is 4.74 Å². The normalized spacial score (nSPS) is 19.3. The van der Waals surface area contributed by atoms with E-state index in [1.165, 1.54) is 19.3 Å². The van der Waals surface area contributed by atoms with Crippen molar-refractivity contribution >= 4 is 11.6 Å². The Morgan fingerprint density at radius 1 is 1.43 bits per heavy atom. The fraction of sp³-hybridized carbons (Fsp3) is 0.588. The van der Waals surface area contributed by atoms with Crippen LogP contribution < -0.4 is 10.1 Å². The number of hydrogen-bond donors (Lipinski definition) is 1. The first-order chi connectivity index (χ1) is 10.1. The summed E-state index contributed by atoms with van der Waals surface area (Å²) >= 11 is 0. The van der Waals surface area contributed by atoms with Crippen molar-refractivity contribution in [2.75, 3.05) is 25.5 Å². The lowest BCUT2D eigenvalue weighted by atomic mass is 10.0. The number of piperidine rings is 1. The second-order valence-corrected chi connectivity index (χ2v) is 5.88. The summed E-state index contributed by atoms with van der Waals surface area (Å²) < 4.78 is 5.29. The number of carbonyl (C=O) groups is 1. The molecule has 0 aliphatic carbocycles. The maximum Gasteiger partial charge on any atom is 0.225 e. The first kappa shape index (κ1) is 15.8. The second-order valence-electron chi connectivity index (χ2n) is 5.88. The molecule has 0 radical (unpaired) electrons. The van der Waals surface area contributed by atoms with Crippen molar-refractivity contribution in [2.45, 2.75) is 45.6 Å². The van der Waals surface area contributed by atoms with Crippen LogP contribution in [0.5, 0.6) is 5.75 Å². The van der Waals surface area contributed by atoms with Crippen LogP contribution in [0, 0.1) is 6.92 Å². The predicted octanol–water partition coefficient (Wildman–Crippen LogP) is 3.21. The molecule has 1 fully saturated rings. The van der Waals surface area contributed by atoms with Crippen LogP contribution >= 0.6 is 0 Å². The van der Waals surface area contributed by atoms with Gasteiger partial charge in [-0.05, 0) is 50.9 Å². The van der Waals surface area contributed by atoms with Gasteiger partial charge >= 0.3 is 0 Å². The smallest absolute Gasteiger partial charge is 0.225 e. The second kappa shape index (κ2) is 7.46. The molecule has 0 aromatic heterocycles. The highest BCUT2D eigenvalue weighted by Crippen LogP contribution is 2.25. The number of anilines is 1. The van der Waals surface area contributed by atoms with E-state index < -0.39 is 0 Å². The molecule has 2 rings (SSSR count). The van der Waals surface area contributed by atoms with E-state index in [2.05, 4.69) is 17.1 Å². The molecule has 1 aromatic carbocycles. The molecule has 21 heavy (non-hydrogen) atoms. The Bertz CT molecular complexity index is 488. The fourth-order valence-electron chi connectivity index (χ4n) is 2.87. The SMILES string of the molecule is COc1ccc(C)cc1NC(=O)CCN1CCCCC1C. The number of ether oxygens (including phenoxy) is 1. The molecule has 1 heterocycles. The summed E-state index contributed by atoms with van der Waals surface area (Å²) in [7, 11) is 1.62. The average Bonchev–Trinajstić information content (AvgIpc) is 2.47. The van der Waals surface area contributed by atoms with Gasteiger partial charge in [0, 0.05) is 19.0 Å². The van der Waals surface area contributed by atoms with Crippen molar-refractivity contribution in [3.8, 4) is 5.75 Å². The summed E-state index contributed by atoms with van der Waals surface area (Å²) in [5.74, 6) is 0.761. The van der Waals surface area contributed by atoms with E-state index in [0.29, 0.717) is 18.2 Å². The predicted molar refractivity (Wildman–Crippen MR) is 85.9 cm³/mol. The van der Waals surface area contributed by atoms with E-state index >= 15 is 0 Å². The number of rotatable bonds is 5. The van der Waals surface area contributed by atoms with Gasteiger partial charge in [-0.2, -0.15) is 0 Å². The third kappa shape index (κ3) is 4.46. The molecule has 4 heteroatoms. The van der Waals surface area contributed by atoms with Crippen molar-refractivity contribution in [2.24, 2.45) is 0 Å². The molecule has 1 unspecified atom stereocenters. The molecule has 116 valence electrons. The summed E-state index contributed by atoms with van der Waals surface area (Å²) in [6.07, 6.45) is 4.33. The van der Waals surface area contributed by atoms with E-state index in [-0.39, 0.29) is 5.91 Å². The van der Waals surface area contributed by atoms with Crippen LogP contribution in [0.15, 0.2) is 18.2 Å². The number of likely N-dealkylation sites (tertiary alicyclic amines) is 1. The summed E-state index contributed by atoms with van der Waals surface area (Å²) in [5, 5.41) is 2.97. The standard InChI is InChI=1S/C17H26N2O2/c1-13-7-8-16(21-3)15(12-13)18-17(20)9-11-19-10-5-4-6-14(19)2/h7-8,12,14H,4-6,9-11H2,1-3H3,(H,18,20). The van der Waals surface area contributed by atoms with Gasteiger partial charge in [-0.25, -0.2) is 0 Å². The van der Waals surface area contributed by atoms with Crippen LogP contribution in [0.3, 0.4) is 0 Å². The zero-order valence-corrected chi connectivity index (χ0v) is 13.3. The van der Waals surface area contributed by atoms with Crippen LogP contribution in [-0.4, -0.2) is 37.0 Å². The fourth-order valence-corrected chi connectivity index (χ4v) is 2.87. The maximum absolute atomic E-state index is 12.1. The topological polar surface area (TPSA) is 41.6 Å². The minimum atomic E-state index is 0.0525. The molecule has 0 bridgehead atoms.